The molecule has 0 N–H and O–H groups in total. The van der Waals surface area contributed by atoms with Gasteiger partial charge in [-0.25, -0.2) is 0 Å². The van der Waals surface area contributed by atoms with E-state index in [1.165, 1.54) is 63.5 Å². The molecular weight excluding hydrogens is 176 g/mol. The molecule has 0 aromatic heterocycles. The minimum Gasteiger partial charge on any atom is -0.159 e. The van der Waals surface area contributed by atoms with Crippen molar-refractivity contribution in [3.05, 3.63) is 0 Å². The topological polar surface area (TPSA) is 0 Å². The first kappa shape index (κ1) is 11.4. The third-order valence-electron chi connectivity index (χ3n) is 2.90. The first-order chi connectivity index (χ1) is 6.43. The second kappa shape index (κ2) is 7.73. The Balaban J connectivity index is 1.98. The van der Waals surface area contributed by atoms with E-state index in [-0.39, 0.29) is 0 Å². The van der Waals surface area contributed by atoms with Crippen LogP contribution in [0.4, 0.5) is 0 Å². The first-order valence-corrected chi connectivity index (χ1v) is 7.10. The maximum atomic E-state index is 2.29. The van der Waals surface area contributed by atoms with Crippen LogP contribution in [0.3, 0.4) is 0 Å². The van der Waals surface area contributed by atoms with Crippen LogP contribution in [0.5, 0.6) is 0 Å². The van der Waals surface area contributed by atoms with Crippen LogP contribution in [0.1, 0.15) is 64.7 Å². The van der Waals surface area contributed by atoms with Gasteiger partial charge in [0.1, 0.15) is 0 Å². The summed E-state index contributed by atoms with van der Waals surface area (Å²) in [7, 11) is 0. The van der Waals surface area contributed by atoms with Gasteiger partial charge in [-0.1, -0.05) is 45.4 Å². The van der Waals surface area contributed by atoms with Gasteiger partial charge in [0.15, 0.2) is 0 Å². The SMILES string of the molecule is CCCCCSC1CCCCCC1. The molecule has 0 amide bonds. The van der Waals surface area contributed by atoms with E-state index in [1.807, 2.05) is 0 Å². The second-order valence-corrected chi connectivity index (χ2v) is 5.60. The minimum absolute atomic E-state index is 1.01. The van der Waals surface area contributed by atoms with Gasteiger partial charge in [-0.15, -0.1) is 0 Å². The predicted octanol–water partition coefficient (Wildman–Crippen LogP) is 4.63. The Morgan fingerprint density at radius 1 is 1.00 bits per heavy atom. The molecule has 0 aliphatic heterocycles. The lowest BCUT2D eigenvalue weighted by Crippen LogP contribution is -2.01. The molecule has 0 aromatic carbocycles. The lowest BCUT2D eigenvalue weighted by Gasteiger charge is -2.12. The summed E-state index contributed by atoms with van der Waals surface area (Å²) in [5, 5.41) is 1.01. The van der Waals surface area contributed by atoms with Crippen LogP contribution in [0, 0.1) is 0 Å². The lowest BCUT2D eigenvalue weighted by molar-refractivity contribution is 0.702. The monoisotopic (exact) mass is 200 g/mol. The summed E-state index contributed by atoms with van der Waals surface area (Å²) in [6.07, 6.45) is 13.2. The third-order valence-corrected chi connectivity index (χ3v) is 4.37. The zero-order valence-electron chi connectivity index (χ0n) is 9.06. The van der Waals surface area contributed by atoms with Gasteiger partial charge < -0.3 is 0 Å². The molecule has 1 fully saturated rings. The molecular formula is C12H24S. The van der Waals surface area contributed by atoms with E-state index in [9.17, 15) is 0 Å². The summed E-state index contributed by atoms with van der Waals surface area (Å²) < 4.78 is 0. The van der Waals surface area contributed by atoms with E-state index in [2.05, 4.69) is 18.7 Å². The zero-order valence-corrected chi connectivity index (χ0v) is 9.87. The summed E-state index contributed by atoms with van der Waals surface area (Å²) in [6, 6.07) is 0. The van der Waals surface area contributed by atoms with Crippen molar-refractivity contribution in [1.82, 2.24) is 0 Å². The smallest absolute Gasteiger partial charge is 0.00470 e. The summed E-state index contributed by atoms with van der Waals surface area (Å²) in [4.78, 5) is 0. The fourth-order valence-corrected chi connectivity index (χ4v) is 3.38. The molecule has 1 saturated carbocycles. The summed E-state index contributed by atoms with van der Waals surface area (Å²) in [5.41, 5.74) is 0. The van der Waals surface area contributed by atoms with Crippen LogP contribution in [-0.2, 0) is 0 Å². The normalized spacial score (nSPS) is 20.1. The van der Waals surface area contributed by atoms with Gasteiger partial charge in [-0.3, -0.25) is 0 Å². The van der Waals surface area contributed by atoms with Crippen LogP contribution >= 0.6 is 11.8 Å². The van der Waals surface area contributed by atoms with Gasteiger partial charge in [0, 0.05) is 5.25 Å². The molecule has 78 valence electrons. The highest BCUT2D eigenvalue weighted by Crippen LogP contribution is 2.27. The molecule has 0 spiro atoms. The molecule has 1 rings (SSSR count). The molecule has 0 aromatic rings. The van der Waals surface area contributed by atoms with Crippen molar-refractivity contribution in [2.45, 2.75) is 70.0 Å². The molecule has 0 nitrogen and oxygen atoms in total. The molecule has 1 heteroatoms. The van der Waals surface area contributed by atoms with Gasteiger partial charge >= 0.3 is 0 Å². The third kappa shape index (κ3) is 5.61. The van der Waals surface area contributed by atoms with E-state index in [1.54, 1.807) is 0 Å². The number of hydrogen-bond donors (Lipinski definition) is 0. The van der Waals surface area contributed by atoms with Crippen molar-refractivity contribution < 1.29 is 0 Å². The first-order valence-electron chi connectivity index (χ1n) is 6.05. The number of unbranched alkanes of at least 4 members (excludes halogenated alkanes) is 2. The van der Waals surface area contributed by atoms with Crippen molar-refractivity contribution in [2.24, 2.45) is 0 Å². The molecule has 0 bridgehead atoms. The fourth-order valence-electron chi connectivity index (χ4n) is 2.01. The fraction of sp³-hybridized carbons (Fsp3) is 1.00. The molecule has 0 saturated heterocycles. The van der Waals surface area contributed by atoms with Crippen molar-refractivity contribution >= 4 is 11.8 Å². The van der Waals surface area contributed by atoms with Crippen LogP contribution < -0.4 is 0 Å². The highest BCUT2D eigenvalue weighted by Gasteiger charge is 2.11. The van der Waals surface area contributed by atoms with Gasteiger partial charge in [0.2, 0.25) is 0 Å². The summed E-state index contributed by atoms with van der Waals surface area (Å²) in [5.74, 6) is 1.42. The number of hydrogen-bond acceptors (Lipinski definition) is 1. The molecule has 0 atom stereocenters. The maximum absolute atomic E-state index is 2.29. The number of rotatable bonds is 5. The largest absolute Gasteiger partial charge is 0.159 e. The molecule has 0 unspecified atom stereocenters. The Labute approximate surface area is 87.9 Å². The Kier molecular flexibility index (Phi) is 6.79. The van der Waals surface area contributed by atoms with Gasteiger partial charge in [-0.05, 0) is 25.0 Å². The number of thioether (sulfide) groups is 1. The van der Waals surface area contributed by atoms with Crippen LogP contribution in [0.2, 0.25) is 0 Å². The predicted molar refractivity (Wildman–Crippen MR) is 63.5 cm³/mol. The standard InChI is InChI=1S/C12H24S/c1-2-3-8-11-13-12-9-6-4-5-7-10-12/h12H,2-11H2,1H3. The van der Waals surface area contributed by atoms with E-state index in [0.29, 0.717) is 0 Å². The van der Waals surface area contributed by atoms with Crippen LogP contribution in [-0.4, -0.2) is 11.0 Å². The summed E-state index contributed by atoms with van der Waals surface area (Å²) >= 11 is 2.25. The van der Waals surface area contributed by atoms with Crippen LogP contribution in [0.15, 0.2) is 0 Å². The Hall–Kier alpha value is 0.350. The highest BCUT2D eigenvalue weighted by molar-refractivity contribution is 7.99. The molecule has 13 heavy (non-hydrogen) atoms. The van der Waals surface area contributed by atoms with E-state index >= 15 is 0 Å². The van der Waals surface area contributed by atoms with E-state index < -0.39 is 0 Å². The van der Waals surface area contributed by atoms with E-state index in [0.717, 1.165) is 5.25 Å². The molecule has 1 aliphatic carbocycles. The van der Waals surface area contributed by atoms with Crippen LogP contribution in [0.25, 0.3) is 0 Å². The van der Waals surface area contributed by atoms with Gasteiger partial charge in [0.05, 0.1) is 0 Å². The minimum atomic E-state index is 1.01. The average molecular weight is 200 g/mol. The average Bonchev–Trinajstić information content (AvgIpc) is 2.41. The summed E-state index contributed by atoms with van der Waals surface area (Å²) in [6.45, 7) is 2.29. The second-order valence-electron chi connectivity index (χ2n) is 4.19. The van der Waals surface area contributed by atoms with Crippen molar-refractivity contribution in [3.63, 3.8) is 0 Å². The van der Waals surface area contributed by atoms with Crippen molar-refractivity contribution in [1.29, 1.82) is 0 Å². The van der Waals surface area contributed by atoms with Crippen molar-refractivity contribution in [2.75, 3.05) is 5.75 Å². The molecule has 0 radical (unpaired) electrons. The molecule has 0 heterocycles. The Bertz CT molecular complexity index is 104. The van der Waals surface area contributed by atoms with Gasteiger partial charge in [-0.2, -0.15) is 11.8 Å². The highest BCUT2D eigenvalue weighted by atomic mass is 32.2. The van der Waals surface area contributed by atoms with Gasteiger partial charge in [0.25, 0.3) is 0 Å². The maximum Gasteiger partial charge on any atom is 0.00470 e. The van der Waals surface area contributed by atoms with E-state index in [4.69, 9.17) is 0 Å². The van der Waals surface area contributed by atoms with Crippen molar-refractivity contribution in [3.8, 4) is 0 Å². The Morgan fingerprint density at radius 2 is 1.69 bits per heavy atom. The molecule has 1 aliphatic rings. The lowest BCUT2D eigenvalue weighted by atomic mass is 10.2. The zero-order chi connectivity index (χ0) is 9.36. The Morgan fingerprint density at radius 3 is 2.31 bits per heavy atom. The quantitative estimate of drug-likeness (QED) is 0.460.